The molecule has 3 N–H and O–H groups in total. The smallest absolute Gasteiger partial charge is 0.325 e. The highest BCUT2D eigenvalue weighted by Gasteiger charge is 2.32. The first-order valence-electron chi connectivity index (χ1n) is 11.2. The first-order valence-corrected chi connectivity index (χ1v) is 11.5. The number of piperazine rings is 1. The van der Waals surface area contributed by atoms with Crippen LogP contribution in [-0.2, 0) is 16.1 Å². The molecule has 0 spiro atoms. The van der Waals surface area contributed by atoms with Crippen molar-refractivity contribution in [2.24, 2.45) is 5.92 Å². The average molecular weight is 469 g/mol. The topological polar surface area (TPSA) is 88.7 Å². The lowest BCUT2D eigenvalue weighted by Crippen LogP contribution is -2.48. The van der Waals surface area contributed by atoms with E-state index in [1.807, 2.05) is 55.1 Å². The number of carboxylic acid groups (broad SMARTS) is 1. The van der Waals surface area contributed by atoms with E-state index in [9.17, 15) is 14.7 Å². The Morgan fingerprint density at radius 1 is 1.12 bits per heavy atom. The number of aromatic nitrogens is 1. The molecular formula is C25H29ClN4O3. The second-order valence-corrected chi connectivity index (χ2v) is 9.27. The molecule has 1 atom stereocenters. The number of halogens is 1. The van der Waals surface area contributed by atoms with Gasteiger partial charge in [-0.05, 0) is 35.9 Å². The zero-order valence-corrected chi connectivity index (χ0v) is 19.6. The number of benzene rings is 2. The number of hydrogen-bond donors (Lipinski definition) is 3. The van der Waals surface area contributed by atoms with Gasteiger partial charge in [0.2, 0.25) is 5.91 Å². The quantitative estimate of drug-likeness (QED) is 0.479. The summed E-state index contributed by atoms with van der Waals surface area (Å²) in [6.45, 7) is 7.30. The van der Waals surface area contributed by atoms with Crippen LogP contribution in [0.5, 0.6) is 0 Å². The summed E-state index contributed by atoms with van der Waals surface area (Å²) in [5.74, 6) is -1.09. The number of nitrogens with zero attached hydrogens (tertiary/aromatic N) is 2. The molecule has 1 amide bonds. The van der Waals surface area contributed by atoms with Gasteiger partial charge >= 0.3 is 5.97 Å². The SMILES string of the molecule is CC(C)C(=O)Nc1ccc2[nH]cc([C@@H](C(=O)O)N3CCN(Cc4cccc(Cl)c4)CC3)c2c1. The van der Waals surface area contributed by atoms with E-state index in [0.29, 0.717) is 24.3 Å². The predicted octanol–water partition coefficient (Wildman–Crippen LogP) is 4.36. The number of amides is 1. The highest BCUT2D eigenvalue weighted by molar-refractivity contribution is 6.30. The summed E-state index contributed by atoms with van der Waals surface area (Å²) in [4.78, 5) is 32.0. The Balaban J connectivity index is 1.50. The van der Waals surface area contributed by atoms with Crippen LogP contribution < -0.4 is 5.32 Å². The van der Waals surface area contributed by atoms with Gasteiger partial charge in [0.1, 0.15) is 6.04 Å². The monoisotopic (exact) mass is 468 g/mol. The fourth-order valence-corrected chi connectivity index (χ4v) is 4.50. The molecule has 7 nitrogen and oxygen atoms in total. The molecule has 2 aromatic carbocycles. The third-order valence-electron chi connectivity index (χ3n) is 6.10. The number of anilines is 1. The Kier molecular flexibility index (Phi) is 7.02. The Morgan fingerprint density at radius 2 is 1.88 bits per heavy atom. The summed E-state index contributed by atoms with van der Waals surface area (Å²) in [6, 6.07) is 12.6. The zero-order chi connectivity index (χ0) is 23.5. The van der Waals surface area contributed by atoms with Crippen molar-refractivity contribution in [1.29, 1.82) is 0 Å². The number of fused-ring (bicyclic) bond motifs is 1. The van der Waals surface area contributed by atoms with E-state index in [2.05, 4.69) is 21.3 Å². The molecular weight excluding hydrogens is 440 g/mol. The van der Waals surface area contributed by atoms with Crippen molar-refractivity contribution in [3.63, 3.8) is 0 Å². The summed E-state index contributed by atoms with van der Waals surface area (Å²) in [5, 5.41) is 14.6. The van der Waals surface area contributed by atoms with Crippen LogP contribution in [0.4, 0.5) is 5.69 Å². The fourth-order valence-electron chi connectivity index (χ4n) is 4.29. The second kappa shape index (κ2) is 9.95. The highest BCUT2D eigenvalue weighted by Crippen LogP contribution is 2.31. The number of carbonyl (C=O) groups excluding carboxylic acids is 1. The van der Waals surface area contributed by atoms with Gasteiger partial charge in [-0.15, -0.1) is 0 Å². The summed E-state index contributed by atoms with van der Waals surface area (Å²) in [5.41, 5.74) is 3.37. The largest absolute Gasteiger partial charge is 0.480 e. The molecule has 4 rings (SSSR count). The molecule has 1 aliphatic heterocycles. The van der Waals surface area contributed by atoms with E-state index in [1.165, 1.54) is 0 Å². The Hall–Kier alpha value is -2.87. The minimum Gasteiger partial charge on any atom is -0.480 e. The first kappa shape index (κ1) is 23.3. The van der Waals surface area contributed by atoms with Crippen molar-refractivity contribution in [2.75, 3.05) is 31.5 Å². The van der Waals surface area contributed by atoms with E-state index in [0.717, 1.165) is 41.1 Å². The van der Waals surface area contributed by atoms with Crippen LogP contribution in [0.15, 0.2) is 48.7 Å². The van der Waals surface area contributed by atoms with Gasteiger partial charge in [-0.3, -0.25) is 19.4 Å². The number of carbonyl (C=O) groups is 2. The van der Waals surface area contributed by atoms with Gasteiger partial charge in [-0.1, -0.05) is 37.6 Å². The normalized spacial score (nSPS) is 16.2. The van der Waals surface area contributed by atoms with Crippen LogP contribution in [0.2, 0.25) is 5.02 Å². The summed E-state index contributed by atoms with van der Waals surface area (Å²) in [7, 11) is 0. The van der Waals surface area contributed by atoms with Crippen LogP contribution in [-0.4, -0.2) is 57.9 Å². The van der Waals surface area contributed by atoms with Crippen molar-refractivity contribution in [2.45, 2.75) is 26.4 Å². The minimum absolute atomic E-state index is 0.0722. The maximum Gasteiger partial charge on any atom is 0.325 e. The van der Waals surface area contributed by atoms with E-state index in [-0.39, 0.29) is 11.8 Å². The second-order valence-electron chi connectivity index (χ2n) is 8.83. The van der Waals surface area contributed by atoms with E-state index >= 15 is 0 Å². The first-order chi connectivity index (χ1) is 15.8. The third kappa shape index (κ3) is 5.38. The molecule has 1 aliphatic rings. The van der Waals surface area contributed by atoms with Gasteiger partial charge in [-0.2, -0.15) is 0 Å². The Morgan fingerprint density at radius 3 is 2.55 bits per heavy atom. The molecule has 0 unspecified atom stereocenters. The van der Waals surface area contributed by atoms with Crippen LogP contribution >= 0.6 is 11.6 Å². The van der Waals surface area contributed by atoms with Crippen LogP contribution in [0, 0.1) is 5.92 Å². The molecule has 174 valence electrons. The van der Waals surface area contributed by atoms with E-state index < -0.39 is 12.0 Å². The maximum absolute atomic E-state index is 12.3. The van der Waals surface area contributed by atoms with Crippen LogP contribution in [0.3, 0.4) is 0 Å². The summed E-state index contributed by atoms with van der Waals surface area (Å²) < 4.78 is 0. The van der Waals surface area contributed by atoms with Gasteiger partial charge < -0.3 is 15.4 Å². The third-order valence-corrected chi connectivity index (χ3v) is 6.34. The van der Waals surface area contributed by atoms with Gasteiger partial charge in [0.25, 0.3) is 0 Å². The van der Waals surface area contributed by atoms with Crippen molar-refractivity contribution in [3.8, 4) is 0 Å². The molecule has 8 heteroatoms. The van der Waals surface area contributed by atoms with Gasteiger partial charge in [0.05, 0.1) is 0 Å². The molecule has 1 aromatic heterocycles. The van der Waals surface area contributed by atoms with Crippen molar-refractivity contribution < 1.29 is 14.7 Å². The number of nitrogens with one attached hydrogen (secondary N) is 2. The molecule has 0 radical (unpaired) electrons. The van der Waals surface area contributed by atoms with Crippen LogP contribution in [0.1, 0.15) is 31.0 Å². The fraction of sp³-hybridized carbons (Fsp3) is 0.360. The number of carboxylic acids is 1. The van der Waals surface area contributed by atoms with Gasteiger partial charge in [0.15, 0.2) is 0 Å². The highest BCUT2D eigenvalue weighted by atomic mass is 35.5. The van der Waals surface area contributed by atoms with Crippen molar-refractivity contribution in [3.05, 3.63) is 64.8 Å². The number of H-pyrrole nitrogens is 1. The lowest BCUT2D eigenvalue weighted by Gasteiger charge is -2.37. The number of aliphatic carboxylic acids is 1. The lowest BCUT2D eigenvalue weighted by molar-refractivity contribution is -0.144. The molecule has 2 heterocycles. The van der Waals surface area contributed by atoms with E-state index in [1.54, 1.807) is 6.20 Å². The summed E-state index contributed by atoms with van der Waals surface area (Å²) >= 11 is 6.10. The molecule has 33 heavy (non-hydrogen) atoms. The number of rotatable bonds is 7. The molecule has 3 aromatic rings. The predicted molar refractivity (Wildman–Crippen MR) is 130 cm³/mol. The number of hydrogen-bond acceptors (Lipinski definition) is 4. The molecule has 1 fully saturated rings. The Labute approximate surface area is 198 Å². The van der Waals surface area contributed by atoms with E-state index in [4.69, 9.17) is 11.6 Å². The van der Waals surface area contributed by atoms with Gasteiger partial charge in [-0.25, -0.2) is 0 Å². The maximum atomic E-state index is 12.3. The molecule has 0 aliphatic carbocycles. The van der Waals surface area contributed by atoms with Crippen molar-refractivity contribution >= 4 is 40.1 Å². The summed E-state index contributed by atoms with van der Waals surface area (Å²) in [6.07, 6.45) is 1.77. The van der Waals surface area contributed by atoms with Gasteiger partial charge in [0, 0.05) is 72.0 Å². The number of aromatic amines is 1. The molecule has 0 saturated carbocycles. The van der Waals surface area contributed by atoms with Crippen LogP contribution in [0.25, 0.3) is 10.9 Å². The zero-order valence-electron chi connectivity index (χ0n) is 18.8. The standard InChI is InChI=1S/C25H29ClN4O3/c1-16(2)24(31)28-19-6-7-22-20(13-19)21(14-27-22)23(25(32)33)30-10-8-29(9-11-30)15-17-4-3-5-18(26)12-17/h3-7,12-14,16,23,27H,8-11,15H2,1-2H3,(H,28,31)(H,32,33)/t23-/m0/s1. The minimum atomic E-state index is -0.879. The lowest BCUT2D eigenvalue weighted by atomic mass is 10.0. The molecule has 1 saturated heterocycles. The average Bonchev–Trinajstić information content (AvgIpc) is 3.18. The molecule has 0 bridgehead atoms. The van der Waals surface area contributed by atoms with Crippen molar-refractivity contribution in [1.82, 2.24) is 14.8 Å². The Bertz CT molecular complexity index is 1150.